The molecule has 2 heterocycles. The molecular weight excluding hydrogens is 424 g/mol. The third-order valence-corrected chi connectivity index (χ3v) is 6.47. The first-order valence-electron chi connectivity index (χ1n) is 10.9. The van der Waals surface area contributed by atoms with Crippen LogP contribution >= 0.6 is 0 Å². The number of hydrogen-bond donors (Lipinski definition) is 2. The number of benzene rings is 1. The van der Waals surface area contributed by atoms with Gasteiger partial charge in [0.1, 0.15) is 17.7 Å². The summed E-state index contributed by atoms with van der Waals surface area (Å²) in [6, 6.07) is 2.41. The van der Waals surface area contributed by atoms with Gasteiger partial charge in [0.2, 0.25) is 11.8 Å². The number of piperidine rings is 1. The van der Waals surface area contributed by atoms with Gasteiger partial charge in [-0.2, -0.15) is 0 Å². The fraction of sp³-hybridized carbons (Fsp3) is 0.591. The predicted molar refractivity (Wildman–Crippen MR) is 110 cm³/mol. The smallest absolute Gasteiger partial charge is 0.407 e. The number of amides is 3. The summed E-state index contributed by atoms with van der Waals surface area (Å²) < 4.78 is 40.1. The molecule has 1 aromatic carbocycles. The second kappa shape index (κ2) is 9.40. The third kappa shape index (κ3) is 4.85. The number of carbonyl (C=O) groups is 3. The summed E-state index contributed by atoms with van der Waals surface area (Å²) in [6.07, 6.45) is 2.96. The van der Waals surface area contributed by atoms with Gasteiger partial charge in [0.15, 0.2) is 0 Å². The van der Waals surface area contributed by atoms with Crippen LogP contribution in [0.1, 0.15) is 50.0 Å². The number of ether oxygens (including phenoxy) is 2. The minimum Gasteiger partial charge on any atom is -0.442 e. The maximum atomic E-state index is 14.7. The van der Waals surface area contributed by atoms with Gasteiger partial charge in [-0.05, 0) is 44.2 Å². The van der Waals surface area contributed by atoms with Gasteiger partial charge in [0.05, 0.1) is 25.1 Å². The molecule has 1 atom stereocenters. The van der Waals surface area contributed by atoms with Crippen LogP contribution < -0.4 is 15.5 Å². The first-order chi connectivity index (χ1) is 15.3. The second-order valence-electron chi connectivity index (χ2n) is 8.61. The van der Waals surface area contributed by atoms with Crippen LogP contribution in [0.4, 0.5) is 19.3 Å². The molecule has 10 heteroatoms. The molecule has 1 saturated carbocycles. The summed E-state index contributed by atoms with van der Waals surface area (Å²) in [6.45, 7) is 0.640. The molecule has 8 nitrogen and oxygen atoms in total. The fourth-order valence-corrected chi connectivity index (χ4v) is 4.57. The Kier molecular flexibility index (Phi) is 6.59. The Bertz CT molecular complexity index is 875. The standard InChI is InChI=1S/C22H27F2N3O5/c1-31-14-4-2-12(3-5-14)25-22(30)32-15-10-27(11-15)13-8-17(23)20(18(24)9-13)16-6-7-19(28)26-21(16)29/h8-9,12,14-16H,2-7,10-11H2,1H3,(H,25,30)(H,26,28,29). The van der Waals surface area contributed by atoms with Crippen molar-refractivity contribution in [3.8, 4) is 0 Å². The molecule has 3 fully saturated rings. The van der Waals surface area contributed by atoms with Gasteiger partial charge < -0.3 is 19.7 Å². The lowest BCUT2D eigenvalue weighted by molar-refractivity contribution is -0.134. The molecule has 0 radical (unpaired) electrons. The van der Waals surface area contributed by atoms with E-state index < -0.39 is 35.5 Å². The average molecular weight is 451 g/mol. The number of hydrogen-bond acceptors (Lipinski definition) is 6. The first kappa shape index (κ1) is 22.4. The topological polar surface area (TPSA) is 97.0 Å². The van der Waals surface area contributed by atoms with Gasteiger partial charge in [-0.25, -0.2) is 13.6 Å². The number of methoxy groups -OCH3 is 1. The fourth-order valence-electron chi connectivity index (χ4n) is 4.57. The van der Waals surface area contributed by atoms with Crippen molar-refractivity contribution in [1.82, 2.24) is 10.6 Å². The number of nitrogens with one attached hydrogen (secondary N) is 2. The van der Waals surface area contributed by atoms with Gasteiger partial charge in [-0.15, -0.1) is 0 Å². The van der Waals surface area contributed by atoms with Crippen molar-refractivity contribution < 1.29 is 32.6 Å². The average Bonchev–Trinajstić information content (AvgIpc) is 2.72. The van der Waals surface area contributed by atoms with Crippen LogP contribution in [-0.4, -0.2) is 56.4 Å². The van der Waals surface area contributed by atoms with E-state index in [1.54, 1.807) is 12.0 Å². The highest BCUT2D eigenvalue weighted by Gasteiger charge is 2.35. The molecule has 0 spiro atoms. The molecule has 2 aliphatic heterocycles. The Hall–Kier alpha value is -2.75. The van der Waals surface area contributed by atoms with Crippen molar-refractivity contribution in [2.24, 2.45) is 0 Å². The summed E-state index contributed by atoms with van der Waals surface area (Å²) in [5.74, 6) is -3.82. The van der Waals surface area contributed by atoms with Crippen LogP contribution in [0.5, 0.6) is 0 Å². The largest absolute Gasteiger partial charge is 0.442 e. The van der Waals surface area contributed by atoms with E-state index in [1.807, 2.05) is 0 Å². The number of anilines is 1. The Balaban J connectivity index is 1.29. The quantitative estimate of drug-likeness (QED) is 0.668. The molecule has 1 aliphatic carbocycles. The lowest BCUT2D eigenvalue weighted by Crippen LogP contribution is -2.54. The van der Waals surface area contributed by atoms with Gasteiger partial charge >= 0.3 is 6.09 Å². The summed E-state index contributed by atoms with van der Waals surface area (Å²) in [4.78, 5) is 37.1. The molecule has 4 rings (SSSR count). The SMILES string of the molecule is COC1CCC(NC(=O)OC2CN(c3cc(F)c(C4CCC(=O)NC4=O)c(F)c3)C2)CC1. The van der Waals surface area contributed by atoms with Crippen molar-refractivity contribution in [1.29, 1.82) is 0 Å². The monoisotopic (exact) mass is 451 g/mol. The number of rotatable bonds is 5. The number of imide groups is 1. The van der Waals surface area contributed by atoms with Gasteiger partial charge in [0, 0.05) is 30.8 Å². The maximum Gasteiger partial charge on any atom is 0.407 e. The Morgan fingerprint density at radius 3 is 2.31 bits per heavy atom. The Labute approximate surface area is 184 Å². The molecule has 1 unspecified atom stereocenters. The van der Waals surface area contributed by atoms with E-state index in [1.165, 1.54) is 12.1 Å². The molecule has 1 aromatic rings. The normalized spacial score (nSPS) is 26.3. The highest BCUT2D eigenvalue weighted by molar-refractivity contribution is 6.01. The molecular formula is C22H27F2N3O5. The second-order valence-corrected chi connectivity index (χ2v) is 8.61. The van der Waals surface area contributed by atoms with Crippen molar-refractivity contribution in [3.05, 3.63) is 29.3 Å². The molecule has 0 bridgehead atoms. The van der Waals surface area contributed by atoms with E-state index >= 15 is 0 Å². The van der Waals surface area contributed by atoms with E-state index in [9.17, 15) is 23.2 Å². The lowest BCUT2D eigenvalue weighted by Gasteiger charge is -2.40. The number of nitrogens with zero attached hydrogens (tertiary/aromatic N) is 1. The molecule has 3 amide bonds. The minimum absolute atomic E-state index is 0.0397. The van der Waals surface area contributed by atoms with Crippen LogP contribution in [0.2, 0.25) is 0 Å². The van der Waals surface area contributed by atoms with Crippen molar-refractivity contribution >= 4 is 23.6 Å². The van der Waals surface area contributed by atoms with Crippen molar-refractivity contribution in [2.75, 3.05) is 25.1 Å². The molecule has 3 aliphatic rings. The van der Waals surface area contributed by atoms with Crippen LogP contribution in [0.3, 0.4) is 0 Å². The number of halogens is 2. The molecule has 32 heavy (non-hydrogen) atoms. The zero-order valence-electron chi connectivity index (χ0n) is 17.9. The Morgan fingerprint density at radius 2 is 1.72 bits per heavy atom. The molecule has 0 aromatic heterocycles. The maximum absolute atomic E-state index is 14.7. The third-order valence-electron chi connectivity index (χ3n) is 6.47. The zero-order valence-corrected chi connectivity index (χ0v) is 17.9. The van der Waals surface area contributed by atoms with Crippen LogP contribution in [-0.2, 0) is 19.1 Å². The summed E-state index contributed by atoms with van der Waals surface area (Å²) in [7, 11) is 1.69. The first-order valence-corrected chi connectivity index (χ1v) is 10.9. The van der Waals surface area contributed by atoms with E-state index in [2.05, 4.69) is 10.6 Å². The van der Waals surface area contributed by atoms with Crippen LogP contribution in [0.15, 0.2) is 12.1 Å². The van der Waals surface area contributed by atoms with Crippen LogP contribution in [0, 0.1) is 11.6 Å². The molecule has 2 saturated heterocycles. The summed E-state index contributed by atoms with van der Waals surface area (Å²) in [5, 5.41) is 4.99. The van der Waals surface area contributed by atoms with E-state index in [0.29, 0.717) is 18.8 Å². The Morgan fingerprint density at radius 1 is 1.06 bits per heavy atom. The summed E-state index contributed by atoms with van der Waals surface area (Å²) >= 11 is 0. The zero-order chi connectivity index (χ0) is 22.8. The van der Waals surface area contributed by atoms with E-state index in [-0.39, 0.29) is 36.7 Å². The van der Waals surface area contributed by atoms with E-state index in [0.717, 1.165) is 25.7 Å². The predicted octanol–water partition coefficient (Wildman–Crippen LogP) is 2.36. The highest BCUT2D eigenvalue weighted by atomic mass is 19.1. The van der Waals surface area contributed by atoms with Crippen molar-refractivity contribution in [3.63, 3.8) is 0 Å². The number of alkyl carbamates (subject to hydrolysis) is 1. The van der Waals surface area contributed by atoms with E-state index in [4.69, 9.17) is 9.47 Å². The van der Waals surface area contributed by atoms with Crippen LogP contribution in [0.25, 0.3) is 0 Å². The van der Waals surface area contributed by atoms with Gasteiger partial charge in [-0.3, -0.25) is 14.9 Å². The molecule has 2 N–H and O–H groups in total. The highest BCUT2D eigenvalue weighted by Crippen LogP contribution is 2.33. The van der Waals surface area contributed by atoms with Gasteiger partial charge in [-0.1, -0.05) is 0 Å². The summed E-state index contributed by atoms with van der Waals surface area (Å²) in [5.41, 5.74) is -0.0103. The molecule has 174 valence electrons. The van der Waals surface area contributed by atoms with Gasteiger partial charge in [0.25, 0.3) is 0 Å². The lowest BCUT2D eigenvalue weighted by atomic mass is 9.89. The minimum atomic E-state index is -1.03. The number of carbonyl (C=O) groups excluding carboxylic acids is 3. The van der Waals surface area contributed by atoms with Crippen molar-refractivity contribution in [2.45, 2.75) is 62.7 Å².